The topological polar surface area (TPSA) is 109 Å². The van der Waals surface area contributed by atoms with Gasteiger partial charge in [0, 0.05) is 32.7 Å². The largest absolute Gasteiger partial charge is 0.458 e. The van der Waals surface area contributed by atoms with Gasteiger partial charge in [0.2, 0.25) is 5.78 Å². The Bertz CT molecular complexity index is 1190. The van der Waals surface area contributed by atoms with Crippen molar-refractivity contribution in [2.75, 3.05) is 0 Å². The molecule has 1 aromatic rings. The number of hydrogen-bond donors (Lipinski definition) is 0. The summed E-state index contributed by atoms with van der Waals surface area (Å²) < 4.78 is 17.8. The molecule has 38 heavy (non-hydrogen) atoms. The molecule has 0 radical (unpaired) electrons. The first-order valence-electron chi connectivity index (χ1n) is 13.2. The third kappa shape index (κ3) is 4.93. The van der Waals surface area contributed by atoms with Crippen molar-refractivity contribution < 1.29 is 33.4 Å². The van der Waals surface area contributed by atoms with Gasteiger partial charge in [-0.1, -0.05) is 33.4 Å². The zero-order valence-corrected chi connectivity index (χ0v) is 23.0. The number of rotatable bonds is 4. The predicted molar refractivity (Wildman–Crippen MR) is 139 cm³/mol. The van der Waals surface area contributed by atoms with Gasteiger partial charge in [-0.3, -0.25) is 19.4 Å². The van der Waals surface area contributed by atoms with Crippen molar-refractivity contribution >= 4 is 23.7 Å². The van der Waals surface area contributed by atoms with Gasteiger partial charge in [-0.15, -0.1) is 0 Å². The van der Waals surface area contributed by atoms with Crippen LogP contribution in [0.15, 0.2) is 48.3 Å². The van der Waals surface area contributed by atoms with Crippen LogP contribution in [0.4, 0.5) is 0 Å². The molecule has 2 fully saturated rings. The Labute approximate surface area is 223 Å². The quantitative estimate of drug-likeness (QED) is 0.319. The van der Waals surface area contributed by atoms with Crippen molar-refractivity contribution in [1.29, 1.82) is 0 Å². The number of aromatic nitrogens is 1. The molecule has 0 saturated heterocycles. The molecule has 0 unspecified atom stereocenters. The number of hydrogen-bond acceptors (Lipinski definition) is 8. The molecule has 204 valence electrons. The van der Waals surface area contributed by atoms with Gasteiger partial charge >= 0.3 is 17.9 Å². The van der Waals surface area contributed by atoms with Gasteiger partial charge in [0.1, 0.15) is 12.2 Å². The van der Waals surface area contributed by atoms with Crippen LogP contribution in [0.1, 0.15) is 71.2 Å². The highest BCUT2D eigenvalue weighted by Gasteiger charge is 2.65. The average molecular weight is 524 g/mol. The van der Waals surface area contributed by atoms with Crippen LogP contribution >= 0.6 is 0 Å². The first-order valence-corrected chi connectivity index (χ1v) is 13.2. The fourth-order valence-electron chi connectivity index (χ4n) is 6.71. The van der Waals surface area contributed by atoms with Gasteiger partial charge in [-0.25, -0.2) is 4.79 Å². The van der Waals surface area contributed by atoms with Crippen LogP contribution in [0.3, 0.4) is 0 Å². The molecule has 0 amide bonds. The molecule has 0 bridgehead atoms. The number of nitrogens with zero attached hydrogens (tertiary/aromatic N) is 1. The molecule has 0 aliphatic heterocycles. The van der Waals surface area contributed by atoms with Crippen LogP contribution in [0.5, 0.6) is 0 Å². The molecular weight excluding hydrogens is 486 g/mol. The number of carbonyl (C=O) groups is 4. The Hall–Kier alpha value is -3.29. The summed E-state index contributed by atoms with van der Waals surface area (Å²) in [5.41, 5.74) is -0.302. The van der Waals surface area contributed by atoms with Crippen LogP contribution in [-0.4, -0.2) is 46.5 Å². The maximum Gasteiger partial charge on any atom is 0.338 e. The van der Waals surface area contributed by atoms with Crippen molar-refractivity contribution in [3.8, 4) is 0 Å². The lowest BCUT2D eigenvalue weighted by atomic mass is 9.76. The smallest absolute Gasteiger partial charge is 0.338 e. The molecule has 1 aromatic heterocycles. The summed E-state index contributed by atoms with van der Waals surface area (Å²) in [6.07, 6.45) is 4.54. The van der Waals surface area contributed by atoms with E-state index in [2.05, 4.69) is 25.4 Å². The Morgan fingerprint density at radius 1 is 1.08 bits per heavy atom. The number of allylic oxidation sites excluding steroid dienone is 1. The Balaban J connectivity index is 1.87. The number of ether oxygens (including phenoxy) is 3. The maximum atomic E-state index is 14.3. The molecular formula is C30H37NO7. The second-order valence-electron chi connectivity index (χ2n) is 11.7. The van der Waals surface area contributed by atoms with E-state index in [4.69, 9.17) is 14.2 Å². The van der Waals surface area contributed by atoms with Gasteiger partial charge in [-0.05, 0) is 66.2 Å². The van der Waals surface area contributed by atoms with E-state index >= 15 is 0 Å². The lowest BCUT2D eigenvalue weighted by molar-refractivity contribution is -0.179. The molecule has 4 rings (SSSR count). The van der Waals surface area contributed by atoms with Crippen LogP contribution in [0.25, 0.3) is 0 Å². The van der Waals surface area contributed by atoms with Crippen LogP contribution in [0, 0.1) is 29.1 Å². The summed E-state index contributed by atoms with van der Waals surface area (Å²) in [6, 6.07) is 3.07. The monoisotopic (exact) mass is 523 g/mol. The minimum atomic E-state index is -1.70. The summed E-state index contributed by atoms with van der Waals surface area (Å²) in [7, 11) is 0. The SMILES string of the molecule is C=C1CC[C@H]2[C@@H](/C=C(\C)C(=O)[C@@]3(OC(C)=O)C[C@H](C)[C@H](OC(=O)c4ccncc4)[C@@H]3[C@H]1OC(C)=O)C2(C)C. The molecule has 3 aliphatic carbocycles. The van der Waals surface area contributed by atoms with Gasteiger partial charge in [-0.2, -0.15) is 0 Å². The Morgan fingerprint density at radius 2 is 1.74 bits per heavy atom. The van der Waals surface area contributed by atoms with Crippen LogP contribution < -0.4 is 0 Å². The highest BCUT2D eigenvalue weighted by molar-refractivity contribution is 6.03. The molecule has 8 nitrogen and oxygen atoms in total. The van der Waals surface area contributed by atoms with Crippen molar-refractivity contribution in [2.45, 2.75) is 78.6 Å². The van der Waals surface area contributed by atoms with E-state index < -0.39 is 41.6 Å². The highest BCUT2D eigenvalue weighted by atomic mass is 16.6. The van der Waals surface area contributed by atoms with E-state index in [0.717, 1.165) is 6.42 Å². The van der Waals surface area contributed by atoms with Crippen LogP contribution in [-0.2, 0) is 28.6 Å². The minimum absolute atomic E-state index is 0.0114. The Morgan fingerprint density at radius 3 is 2.34 bits per heavy atom. The van der Waals surface area contributed by atoms with Crippen LogP contribution in [0.2, 0.25) is 0 Å². The third-order valence-electron chi connectivity index (χ3n) is 8.67. The fourth-order valence-corrected chi connectivity index (χ4v) is 6.71. The van der Waals surface area contributed by atoms with E-state index in [1.807, 2.05) is 13.0 Å². The minimum Gasteiger partial charge on any atom is -0.458 e. The number of fused-ring (bicyclic) bond motifs is 2. The summed E-state index contributed by atoms with van der Waals surface area (Å²) in [4.78, 5) is 56.3. The van der Waals surface area contributed by atoms with E-state index in [0.29, 0.717) is 29.0 Å². The molecule has 8 heteroatoms. The summed E-state index contributed by atoms with van der Waals surface area (Å²) >= 11 is 0. The number of pyridine rings is 1. The fraction of sp³-hybridized carbons (Fsp3) is 0.567. The summed E-state index contributed by atoms with van der Waals surface area (Å²) in [6.45, 7) is 14.7. The molecule has 0 N–H and O–H groups in total. The zero-order valence-electron chi connectivity index (χ0n) is 23.0. The standard InChI is InChI=1S/C30H37NO7/c1-16-8-9-22-23(29(22,6)7)14-17(2)27(34)30(38-20(5)33)15-18(3)26(24(30)25(16)36-19(4)32)37-28(35)21-10-12-31-13-11-21/h10-14,18,22-26H,1,8-9,15H2,2-7H3/b17-14+/t18-,22-,23+,24-,25-,26-,30+/m0/s1. The first-order chi connectivity index (χ1) is 17.8. The first kappa shape index (κ1) is 27.7. The molecule has 3 aliphatic rings. The predicted octanol–water partition coefficient (Wildman–Crippen LogP) is 4.63. The average Bonchev–Trinajstić information content (AvgIpc) is 3.24. The molecule has 7 atom stereocenters. The number of esters is 3. The normalized spacial score (nSPS) is 35.5. The number of ketones is 1. The van der Waals surface area contributed by atoms with Gasteiger partial charge in [0.25, 0.3) is 0 Å². The van der Waals surface area contributed by atoms with Gasteiger partial charge in [0.05, 0.1) is 11.5 Å². The van der Waals surface area contributed by atoms with Crippen molar-refractivity contribution in [3.05, 3.63) is 53.9 Å². The number of Topliss-reactive ketones (excluding diaryl/α,β-unsaturated/α-hetero) is 1. The lowest BCUT2D eigenvalue weighted by Gasteiger charge is -2.39. The molecule has 1 heterocycles. The lowest BCUT2D eigenvalue weighted by Crippen LogP contribution is -2.55. The van der Waals surface area contributed by atoms with Crippen molar-refractivity contribution in [3.63, 3.8) is 0 Å². The molecule has 0 spiro atoms. The second kappa shape index (κ2) is 10.1. The second-order valence-corrected chi connectivity index (χ2v) is 11.7. The van der Waals surface area contributed by atoms with Gasteiger partial charge < -0.3 is 14.2 Å². The summed E-state index contributed by atoms with van der Waals surface area (Å²) in [5, 5.41) is 0. The van der Waals surface area contributed by atoms with Crippen molar-refractivity contribution in [1.82, 2.24) is 4.98 Å². The zero-order chi connectivity index (χ0) is 28.0. The molecule has 0 aromatic carbocycles. The third-order valence-corrected chi connectivity index (χ3v) is 8.67. The van der Waals surface area contributed by atoms with E-state index in [1.54, 1.807) is 6.92 Å². The maximum absolute atomic E-state index is 14.3. The van der Waals surface area contributed by atoms with E-state index in [-0.39, 0.29) is 29.5 Å². The highest BCUT2D eigenvalue weighted by Crippen LogP contribution is 2.62. The van der Waals surface area contributed by atoms with E-state index in [9.17, 15) is 19.2 Å². The van der Waals surface area contributed by atoms with Gasteiger partial charge in [0.15, 0.2) is 5.60 Å². The van der Waals surface area contributed by atoms with Crippen molar-refractivity contribution in [2.24, 2.45) is 29.1 Å². The molecule has 2 saturated carbocycles. The number of carbonyl (C=O) groups excluding carboxylic acids is 4. The Kier molecular flexibility index (Phi) is 7.38. The van der Waals surface area contributed by atoms with E-state index in [1.165, 1.54) is 38.4 Å². The summed E-state index contributed by atoms with van der Waals surface area (Å²) in [5.74, 6) is -3.00.